The summed E-state index contributed by atoms with van der Waals surface area (Å²) in [7, 11) is 1.63. The minimum absolute atomic E-state index is 0.110. The quantitative estimate of drug-likeness (QED) is 0.550. The van der Waals surface area contributed by atoms with Gasteiger partial charge in [0, 0.05) is 19.3 Å². The van der Waals surface area contributed by atoms with Crippen molar-refractivity contribution in [3.63, 3.8) is 0 Å². The van der Waals surface area contributed by atoms with Gasteiger partial charge < -0.3 is 19.5 Å². The van der Waals surface area contributed by atoms with Gasteiger partial charge in [0.05, 0.1) is 18.5 Å². The van der Waals surface area contributed by atoms with Gasteiger partial charge in [-0.2, -0.15) is 0 Å². The van der Waals surface area contributed by atoms with Crippen LogP contribution < -0.4 is 10.1 Å². The lowest BCUT2D eigenvalue weighted by molar-refractivity contribution is -0.146. The molecule has 1 heterocycles. The van der Waals surface area contributed by atoms with Crippen molar-refractivity contribution in [1.82, 2.24) is 4.98 Å². The first-order valence-corrected chi connectivity index (χ1v) is 9.77. The summed E-state index contributed by atoms with van der Waals surface area (Å²) < 4.78 is 16.6. The first-order valence-electron chi connectivity index (χ1n) is 9.77. The van der Waals surface area contributed by atoms with Crippen molar-refractivity contribution in [3.8, 4) is 5.88 Å². The Labute approximate surface area is 164 Å². The zero-order chi connectivity index (χ0) is 20.4. The molecule has 6 heteroatoms. The maximum absolute atomic E-state index is 13.2. The summed E-state index contributed by atoms with van der Waals surface area (Å²) >= 11 is 0. The van der Waals surface area contributed by atoms with Gasteiger partial charge in [-0.15, -0.1) is 0 Å². The number of ether oxygens (including phenoxy) is 3. The molecule has 0 bridgehead atoms. The molecule has 0 atom stereocenters. The summed E-state index contributed by atoms with van der Waals surface area (Å²) in [6.45, 7) is 13.7. The number of aromatic nitrogens is 1. The minimum Gasteiger partial charge on any atom is -0.475 e. The largest absolute Gasteiger partial charge is 0.475 e. The molecular weight excluding hydrogens is 344 g/mol. The van der Waals surface area contributed by atoms with Gasteiger partial charge in [0.2, 0.25) is 5.88 Å². The van der Waals surface area contributed by atoms with Crippen LogP contribution in [0.25, 0.3) is 0 Å². The molecule has 1 N–H and O–H groups in total. The third-order valence-electron chi connectivity index (χ3n) is 4.12. The number of methoxy groups -OCH3 is 1. The van der Waals surface area contributed by atoms with Crippen molar-refractivity contribution in [2.75, 3.05) is 32.2 Å². The number of hydrogen-bond acceptors (Lipinski definition) is 5. The fourth-order valence-electron chi connectivity index (χ4n) is 3.30. The Balaban J connectivity index is 2.97. The first kappa shape index (κ1) is 23.4. The van der Waals surface area contributed by atoms with Crippen LogP contribution in [-0.4, -0.2) is 43.4 Å². The number of anilines is 1. The summed E-state index contributed by atoms with van der Waals surface area (Å²) in [6, 6.07) is 1.87. The van der Waals surface area contributed by atoms with E-state index in [0.717, 1.165) is 5.56 Å². The number of pyridine rings is 1. The van der Waals surface area contributed by atoms with Crippen molar-refractivity contribution in [2.24, 2.45) is 11.8 Å². The topological polar surface area (TPSA) is 69.7 Å². The standard InChI is InChI=1S/C21H36N2O4/c1-8-27-21(12-15(2)3,13-16(4)5)20(24)23-18-11-17(6)19(22-14-18)26-10-9-25-7/h11,14-16H,8-10,12-13H2,1-7H3,(H,23,24). The monoisotopic (exact) mass is 380 g/mol. The molecule has 6 nitrogen and oxygen atoms in total. The second kappa shape index (κ2) is 11.2. The van der Waals surface area contributed by atoms with Crippen LogP contribution in [0.3, 0.4) is 0 Å². The van der Waals surface area contributed by atoms with Gasteiger partial charge >= 0.3 is 0 Å². The lowest BCUT2D eigenvalue weighted by atomic mass is 9.83. The maximum atomic E-state index is 13.2. The predicted molar refractivity (Wildman–Crippen MR) is 108 cm³/mol. The molecule has 1 aromatic heterocycles. The van der Waals surface area contributed by atoms with E-state index in [-0.39, 0.29) is 5.91 Å². The molecule has 1 aromatic rings. The van der Waals surface area contributed by atoms with Crippen molar-refractivity contribution < 1.29 is 19.0 Å². The molecule has 27 heavy (non-hydrogen) atoms. The van der Waals surface area contributed by atoms with Crippen molar-refractivity contribution >= 4 is 11.6 Å². The Hall–Kier alpha value is -1.66. The Morgan fingerprint density at radius 3 is 2.30 bits per heavy atom. The first-order chi connectivity index (χ1) is 12.7. The van der Waals surface area contributed by atoms with E-state index in [1.54, 1.807) is 13.3 Å². The van der Waals surface area contributed by atoms with Crippen LogP contribution in [0.2, 0.25) is 0 Å². The number of hydrogen-bond donors (Lipinski definition) is 1. The van der Waals surface area contributed by atoms with Gasteiger partial charge in [-0.25, -0.2) is 4.98 Å². The molecule has 0 unspecified atom stereocenters. The highest BCUT2D eigenvalue weighted by molar-refractivity contribution is 5.97. The van der Waals surface area contributed by atoms with E-state index in [2.05, 4.69) is 38.0 Å². The molecule has 0 saturated carbocycles. The summed E-state index contributed by atoms with van der Waals surface area (Å²) in [5, 5.41) is 3.01. The SMILES string of the molecule is CCOC(CC(C)C)(CC(C)C)C(=O)Nc1cnc(OCCOC)c(C)c1. The summed E-state index contributed by atoms with van der Waals surface area (Å²) in [5.74, 6) is 1.13. The van der Waals surface area contributed by atoms with Crippen LogP contribution >= 0.6 is 0 Å². The molecule has 0 spiro atoms. The number of amides is 1. The number of rotatable bonds is 12. The Morgan fingerprint density at radius 1 is 1.19 bits per heavy atom. The fourth-order valence-corrected chi connectivity index (χ4v) is 3.30. The van der Waals surface area contributed by atoms with Crippen molar-refractivity contribution in [1.29, 1.82) is 0 Å². The van der Waals surface area contributed by atoms with E-state index in [1.807, 2.05) is 19.9 Å². The summed E-state index contributed by atoms with van der Waals surface area (Å²) in [4.78, 5) is 17.5. The van der Waals surface area contributed by atoms with Crippen LogP contribution in [0.4, 0.5) is 5.69 Å². The average Bonchev–Trinajstić information content (AvgIpc) is 2.56. The maximum Gasteiger partial charge on any atom is 0.256 e. The van der Waals surface area contributed by atoms with Crippen LogP contribution in [0.5, 0.6) is 5.88 Å². The number of carbonyl (C=O) groups excluding carboxylic acids is 1. The van der Waals surface area contributed by atoms with E-state index in [9.17, 15) is 4.79 Å². The summed E-state index contributed by atoms with van der Waals surface area (Å²) in [5.41, 5.74) is 0.672. The lowest BCUT2D eigenvalue weighted by Crippen LogP contribution is -2.47. The smallest absolute Gasteiger partial charge is 0.256 e. The summed E-state index contributed by atoms with van der Waals surface area (Å²) in [6.07, 6.45) is 2.97. The second-order valence-corrected chi connectivity index (χ2v) is 7.76. The van der Waals surface area contributed by atoms with E-state index >= 15 is 0 Å². The van der Waals surface area contributed by atoms with E-state index in [0.29, 0.717) is 56.1 Å². The molecule has 1 amide bonds. The average molecular weight is 381 g/mol. The van der Waals surface area contributed by atoms with Crippen molar-refractivity contribution in [3.05, 3.63) is 17.8 Å². The van der Waals surface area contributed by atoms with Gasteiger partial charge in [-0.1, -0.05) is 27.7 Å². The zero-order valence-electron chi connectivity index (χ0n) is 17.9. The molecule has 0 fully saturated rings. The highest BCUT2D eigenvalue weighted by atomic mass is 16.5. The highest BCUT2D eigenvalue weighted by Crippen LogP contribution is 2.31. The number of aryl methyl sites for hydroxylation is 1. The van der Waals surface area contributed by atoms with Gasteiger partial charge in [-0.3, -0.25) is 4.79 Å². The van der Waals surface area contributed by atoms with Gasteiger partial charge in [0.1, 0.15) is 12.2 Å². The van der Waals surface area contributed by atoms with E-state index < -0.39 is 5.60 Å². The van der Waals surface area contributed by atoms with E-state index in [1.165, 1.54) is 0 Å². The van der Waals surface area contributed by atoms with Crippen LogP contribution in [0.15, 0.2) is 12.3 Å². The zero-order valence-corrected chi connectivity index (χ0v) is 17.9. The van der Waals surface area contributed by atoms with Gasteiger partial charge in [0.25, 0.3) is 5.91 Å². The van der Waals surface area contributed by atoms with Crippen LogP contribution in [0, 0.1) is 18.8 Å². The molecule has 1 rings (SSSR count). The van der Waals surface area contributed by atoms with Crippen LogP contribution in [0.1, 0.15) is 53.0 Å². The molecule has 0 aliphatic heterocycles. The molecule has 0 aliphatic rings. The molecule has 0 radical (unpaired) electrons. The third kappa shape index (κ3) is 7.46. The Kier molecular flexibility index (Phi) is 9.74. The number of nitrogens with one attached hydrogen (secondary N) is 1. The molecule has 0 aliphatic carbocycles. The Morgan fingerprint density at radius 2 is 1.81 bits per heavy atom. The third-order valence-corrected chi connectivity index (χ3v) is 4.12. The highest BCUT2D eigenvalue weighted by Gasteiger charge is 2.40. The molecular formula is C21H36N2O4. The molecule has 154 valence electrons. The molecule has 0 aromatic carbocycles. The van der Waals surface area contributed by atoms with Gasteiger partial charge in [-0.05, 0) is 44.6 Å². The predicted octanol–water partition coefficient (Wildman–Crippen LogP) is 4.22. The van der Waals surface area contributed by atoms with Crippen LogP contribution in [-0.2, 0) is 14.3 Å². The second-order valence-electron chi connectivity index (χ2n) is 7.76. The molecule has 0 saturated heterocycles. The normalized spacial score (nSPS) is 11.9. The van der Waals surface area contributed by atoms with Crippen molar-refractivity contribution in [2.45, 2.75) is 60.0 Å². The minimum atomic E-state index is -0.835. The fraction of sp³-hybridized carbons (Fsp3) is 0.714. The lowest BCUT2D eigenvalue weighted by Gasteiger charge is -2.35. The van der Waals surface area contributed by atoms with E-state index in [4.69, 9.17) is 14.2 Å². The number of carbonyl (C=O) groups is 1. The Bertz CT molecular complexity index is 578. The number of nitrogens with zero attached hydrogens (tertiary/aromatic N) is 1. The van der Waals surface area contributed by atoms with Gasteiger partial charge in [0.15, 0.2) is 0 Å².